The van der Waals surface area contributed by atoms with E-state index in [1.165, 1.54) is 77.0 Å². The fourth-order valence-electron chi connectivity index (χ4n) is 5.89. The maximum atomic E-state index is 13.1. The molecule has 2 nitrogen and oxygen atoms in total. The van der Waals surface area contributed by atoms with E-state index in [1.807, 2.05) is 0 Å². The summed E-state index contributed by atoms with van der Waals surface area (Å²) in [4.78, 5) is 13.1. The average molecular weight is 339 g/mol. The molecule has 0 aliphatic heterocycles. The molecule has 2 saturated carbocycles. The van der Waals surface area contributed by atoms with E-state index >= 15 is 0 Å². The van der Waals surface area contributed by atoms with Gasteiger partial charge in [-0.25, -0.2) is 0 Å². The van der Waals surface area contributed by atoms with E-state index in [2.05, 4.69) is 13.8 Å². The second-order valence-corrected chi connectivity index (χ2v) is 8.42. The molecule has 0 aromatic carbocycles. The molecule has 0 aromatic heterocycles. The monoisotopic (exact) mass is 338 g/mol. The van der Waals surface area contributed by atoms with E-state index in [0.29, 0.717) is 22.3 Å². The molecule has 2 unspecified atom stereocenters. The topological polar surface area (TPSA) is 26.3 Å². The van der Waals surface area contributed by atoms with Crippen LogP contribution in [0.2, 0.25) is 0 Å². The molecule has 2 atom stereocenters. The van der Waals surface area contributed by atoms with E-state index in [4.69, 9.17) is 4.43 Å². The SMILES string of the molecule is CCCC(C1CCCCC1)C(CC)(C(=O)O[SiH3])C1CCCCC1. The van der Waals surface area contributed by atoms with Crippen LogP contribution in [-0.4, -0.2) is 16.5 Å². The largest absolute Gasteiger partial charge is 0.528 e. The molecule has 0 saturated heterocycles. The summed E-state index contributed by atoms with van der Waals surface area (Å²) in [5, 5.41) is 0. The van der Waals surface area contributed by atoms with Crippen molar-refractivity contribution in [3.05, 3.63) is 0 Å². The fourth-order valence-corrected chi connectivity index (χ4v) is 6.27. The van der Waals surface area contributed by atoms with E-state index in [9.17, 15) is 4.79 Å². The van der Waals surface area contributed by atoms with Gasteiger partial charge in [0.05, 0.1) is 5.41 Å². The van der Waals surface area contributed by atoms with Gasteiger partial charge in [-0.2, -0.15) is 0 Å². The van der Waals surface area contributed by atoms with E-state index in [-0.39, 0.29) is 11.4 Å². The fraction of sp³-hybridized carbons (Fsp3) is 0.950. The molecule has 2 fully saturated rings. The molecular weight excluding hydrogens is 300 g/mol. The van der Waals surface area contributed by atoms with Crippen LogP contribution < -0.4 is 0 Å². The Balaban J connectivity index is 2.35. The summed E-state index contributed by atoms with van der Waals surface area (Å²) >= 11 is 0. The van der Waals surface area contributed by atoms with Gasteiger partial charge in [-0.15, -0.1) is 0 Å². The van der Waals surface area contributed by atoms with Gasteiger partial charge in [0.15, 0.2) is 0 Å². The first-order valence-corrected chi connectivity index (χ1v) is 11.1. The summed E-state index contributed by atoms with van der Waals surface area (Å²) < 4.78 is 5.58. The summed E-state index contributed by atoms with van der Waals surface area (Å²) in [7, 11) is 0.543. The normalized spacial score (nSPS) is 25.0. The van der Waals surface area contributed by atoms with Gasteiger partial charge in [-0.05, 0) is 43.4 Å². The Morgan fingerprint density at radius 1 is 1.04 bits per heavy atom. The lowest BCUT2D eigenvalue weighted by Gasteiger charge is -2.49. The molecule has 0 bridgehead atoms. The maximum Gasteiger partial charge on any atom is 0.298 e. The number of hydrogen-bond acceptors (Lipinski definition) is 2. The Labute approximate surface area is 146 Å². The summed E-state index contributed by atoms with van der Waals surface area (Å²) in [6.07, 6.45) is 16.7. The third-order valence-electron chi connectivity index (χ3n) is 6.96. The van der Waals surface area contributed by atoms with Crippen LogP contribution in [0.4, 0.5) is 0 Å². The third-order valence-corrected chi connectivity index (χ3v) is 7.34. The quantitative estimate of drug-likeness (QED) is 0.624. The molecule has 0 radical (unpaired) electrons. The van der Waals surface area contributed by atoms with Crippen molar-refractivity contribution in [3.8, 4) is 0 Å². The van der Waals surface area contributed by atoms with E-state index < -0.39 is 0 Å². The molecule has 23 heavy (non-hydrogen) atoms. The first kappa shape index (κ1) is 19.0. The molecule has 0 heterocycles. The van der Waals surface area contributed by atoms with Crippen LogP contribution in [0.25, 0.3) is 0 Å². The van der Waals surface area contributed by atoms with Gasteiger partial charge >= 0.3 is 0 Å². The van der Waals surface area contributed by atoms with E-state index in [1.54, 1.807) is 0 Å². The molecule has 0 aromatic rings. The van der Waals surface area contributed by atoms with Crippen molar-refractivity contribution in [2.45, 2.75) is 97.3 Å². The molecule has 134 valence electrons. The van der Waals surface area contributed by atoms with Crippen molar-refractivity contribution >= 4 is 16.5 Å². The molecule has 0 spiro atoms. The van der Waals surface area contributed by atoms with Gasteiger partial charge in [-0.3, -0.25) is 4.79 Å². The molecule has 0 amide bonds. The van der Waals surface area contributed by atoms with Crippen molar-refractivity contribution in [2.75, 3.05) is 0 Å². The number of rotatable bonds is 7. The summed E-state index contributed by atoms with van der Waals surface area (Å²) in [5.74, 6) is 2.05. The van der Waals surface area contributed by atoms with Crippen molar-refractivity contribution in [1.82, 2.24) is 0 Å². The van der Waals surface area contributed by atoms with Crippen LogP contribution in [0.5, 0.6) is 0 Å². The lowest BCUT2D eigenvalue weighted by atomic mass is 9.55. The average Bonchev–Trinajstić information content (AvgIpc) is 2.63. The second kappa shape index (κ2) is 9.24. The first-order valence-electron chi connectivity index (χ1n) is 10.3. The predicted molar refractivity (Wildman–Crippen MR) is 100 cm³/mol. The molecule has 0 N–H and O–H groups in total. The Morgan fingerprint density at radius 3 is 2.09 bits per heavy atom. The second-order valence-electron chi connectivity index (χ2n) is 8.01. The van der Waals surface area contributed by atoms with Gasteiger partial charge in [0.25, 0.3) is 5.97 Å². The molecule has 2 aliphatic carbocycles. The van der Waals surface area contributed by atoms with Gasteiger partial charge in [0.2, 0.25) is 10.5 Å². The Hall–Kier alpha value is -0.313. The zero-order valence-corrected chi connectivity index (χ0v) is 17.7. The van der Waals surface area contributed by atoms with Gasteiger partial charge < -0.3 is 4.43 Å². The maximum absolute atomic E-state index is 13.1. The number of carbonyl (C=O) groups is 1. The van der Waals surface area contributed by atoms with Gasteiger partial charge in [0, 0.05) is 0 Å². The van der Waals surface area contributed by atoms with Crippen LogP contribution in [0, 0.1) is 23.2 Å². The minimum absolute atomic E-state index is 0.169. The molecular formula is C20H38O2Si. The summed E-state index contributed by atoms with van der Waals surface area (Å²) in [6, 6.07) is 0. The highest BCUT2D eigenvalue weighted by atomic mass is 28.2. The smallest absolute Gasteiger partial charge is 0.298 e. The highest BCUT2D eigenvalue weighted by Gasteiger charge is 2.52. The summed E-state index contributed by atoms with van der Waals surface area (Å²) in [6.45, 7) is 4.56. The van der Waals surface area contributed by atoms with Crippen LogP contribution in [-0.2, 0) is 9.22 Å². The van der Waals surface area contributed by atoms with Crippen molar-refractivity contribution in [3.63, 3.8) is 0 Å². The van der Waals surface area contributed by atoms with Gasteiger partial charge in [0.1, 0.15) is 0 Å². The highest BCUT2D eigenvalue weighted by molar-refractivity contribution is 6.06. The Morgan fingerprint density at radius 2 is 1.61 bits per heavy atom. The third kappa shape index (κ3) is 4.03. The Kier molecular flexibility index (Phi) is 7.64. The van der Waals surface area contributed by atoms with Crippen LogP contribution in [0.3, 0.4) is 0 Å². The van der Waals surface area contributed by atoms with Crippen molar-refractivity contribution in [1.29, 1.82) is 0 Å². The van der Waals surface area contributed by atoms with Crippen molar-refractivity contribution < 1.29 is 9.22 Å². The predicted octanol–water partition coefficient (Wildman–Crippen LogP) is 4.78. The van der Waals surface area contributed by atoms with Crippen LogP contribution in [0.1, 0.15) is 97.3 Å². The van der Waals surface area contributed by atoms with Crippen LogP contribution >= 0.6 is 0 Å². The first-order chi connectivity index (χ1) is 11.2. The van der Waals surface area contributed by atoms with E-state index in [0.717, 1.165) is 12.3 Å². The van der Waals surface area contributed by atoms with Crippen LogP contribution in [0.15, 0.2) is 0 Å². The minimum atomic E-state index is -0.180. The highest BCUT2D eigenvalue weighted by Crippen LogP contribution is 2.53. The standard InChI is InChI=1S/C20H38O2Si/c1-3-11-18(16-12-7-5-8-13-16)20(4-2,19(21)22-23)17-14-9-6-10-15-17/h16-18H,3-15H2,1-2,23H3. The summed E-state index contributed by atoms with van der Waals surface area (Å²) in [5.41, 5.74) is -0.180. The molecule has 3 heteroatoms. The van der Waals surface area contributed by atoms with Gasteiger partial charge in [-0.1, -0.05) is 71.6 Å². The Bertz CT molecular complexity index is 359. The zero-order chi connectivity index (χ0) is 16.7. The zero-order valence-electron chi connectivity index (χ0n) is 15.7. The lowest BCUT2D eigenvalue weighted by molar-refractivity contribution is -0.159. The number of carbonyl (C=O) groups excluding carboxylic acids is 1. The molecule has 2 aliphatic rings. The number of hydrogen-bond donors (Lipinski definition) is 0. The van der Waals surface area contributed by atoms with Crippen molar-refractivity contribution in [2.24, 2.45) is 23.2 Å². The minimum Gasteiger partial charge on any atom is -0.528 e. The molecule has 2 rings (SSSR count). The lowest BCUT2D eigenvalue weighted by Crippen LogP contribution is -2.49.